The summed E-state index contributed by atoms with van der Waals surface area (Å²) in [5.74, 6) is 3.37. The van der Waals surface area contributed by atoms with E-state index in [0.29, 0.717) is 30.9 Å². The van der Waals surface area contributed by atoms with Crippen molar-refractivity contribution in [2.75, 3.05) is 21.7 Å². The van der Waals surface area contributed by atoms with E-state index in [2.05, 4.69) is 30.2 Å². The minimum Gasteiger partial charge on any atom is -0.447 e. The Bertz CT molecular complexity index is 1210. The molecule has 6 aliphatic rings. The van der Waals surface area contributed by atoms with Gasteiger partial charge < -0.3 is 15.0 Å². The Hall–Kier alpha value is -3.09. The molecule has 188 valence electrons. The summed E-state index contributed by atoms with van der Waals surface area (Å²) < 4.78 is 5.43. The highest BCUT2D eigenvalue weighted by atomic mass is 16.6. The number of aromatic nitrogens is 1. The third kappa shape index (κ3) is 3.35. The lowest BCUT2D eigenvalue weighted by Crippen LogP contribution is -2.54. The highest BCUT2D eigenvalue weighted by Gasteiger charge is 2.56. The third-order valence-electron chi connectivity index (χ3n) is 9.44. The number of carbonyl (C=O) groups excluding carboxylic acids is 2. The van der Waals surface area contributed by atoms with Gasteiger partial charge in [-0.3, -0.25) is 9.69 Å². The van der Waals surface area contributed by atoms with Crippen molar-refractivity contribution in [2.45, 2.75) is 65.0 Å². The summed E-state index contributed by atoms with van der Waals surface area (Å²) in [6.45, 7) is 5.08. The number of ether oxygens (including phenoxy) is 1. The molecule has 3 heterocycles. The molecule has 4 aliphatic carbocycles. The second kappa shape index (κ2) is 7.95. The molecule has 0 radical (unpaired) electrons. The number of cyclic esters (lactones) is 1. The lowest BCUT2D eigenvalue weighted by atomic mass is 9.49. The smallest absolute Gasteiger partial charge is 0.414 e. The van der Waals surface area contributed by atoms with Crippen LogP contribution in [-0.2, 0) is 16.1 Å². The third-order valence-corrected chi connectivity index (χ3v) is 9.44. The molecule has 36 heavy (non-hydrogen) atoms. The maximum atomic E-state index is 14.6. The molecule has 2 aromatic rings. The first-order valence-corrected chi connectivity index (χ1v) is 13.5. The Morgan fingerprint density at radius 2 is 1.83 bits per heavy atom. The second-order valence-electron chi connectivity index (χ2n) is 12.2. The van der Waals surface area contributed by atoms with Crippen LogP contribution in [0.3, 0.4) is 0 Å². The van der Waals surface area contributed by atoms with Crippen molar-refractivity contribution in [3.63, 3.8) is 0 Å². The first-order chi connectivity index (χ1) is 17.4. The van der Waals surface area contributed by atoms with E-state index in [-0.39, 0.29) is 29.4 Å². The van der Waals surface area contributed by atoms with Crippen LogP contribution >= 0.6 is 0 Å². The van der Waals surface area contributed by atoms with Gasteiger partial charge in [-0.05, 0) is 86.5 Å². The van der Waals surface area contributed by atoms with Gasteiger partial charge in [0.2, 0.25) is 5.91 Å². The molecule has 0 spiro atoms. The molecular formula is C29H34N4O3. The molecule has 1 aromatic carbocycles. The Balaban J connectivity index is 1.32. The van der Waals surface area contributed by atoms with Crippen LogP contribution in [0, 0.1) is 29.1 Å². The monoisotopic (exact) mass is 486 g/mol. The SMILES string of the molecule is CC(C)[C@@H]1COC(=O)N1c1ccc2c(c1)N(C(=O)[C@]13CC4C[C@H](C[C@H](C4)C1)C3)Cc1cccnc1N2. The molecule has 2 amide bonds. The highest BCUT2D eigenvalue weighted by Crippen LogP contribution is 2.61. The molecule has 1 saturated heterocycles. The Morgan fingerprint density at radius 3 is 2.53 bits per heavy atom. The highest BCUT2D eigenvalue weighted by molar-refractivity contribution is 6.03. The number of carbonyl (C=O) groups is 2. The summed E-state index contributed by atoms with van der Waals surface area (Å²) in [5.41, 5.74) is 3.20. The summed E-state index contributed by atoms with van der Waals surface area (Å²) in [5, 5.41) is 3.48. The minimum absolute atomic E-state index is 0.0274. The molecule has 5 fully saturated rings. The number of rotatable bonds is 3. The largest absolute Gasteiger partial charge is 0.447 e. The number of nitrogens with zero attached hydrogens (tertiary/aromatic N) is 3. The fourth-order valence-electron chi connectivity index (χ4n) is 8.12. The number of hydrogen-bond donors (Lipinski definition) is 1. The summed E-state index contributed by atoms with van der Waals surface area (Å²) in [4.78, 5) is 35.7. The quantitative estimate of drug-likeness (QED) is 0.587. The molecule has 0 unspecified atom stereocenters. The van der Waals surface area contributed by atoms with Crippen LogP contribution in [0.5, 0.6) is 0 Å². The van der Waals surface area contributed by atoms with Crippen LogP contribution in [0.15, 0.2) is 36.5 Å². The van der Waals surface area contributed by atoms with E-state index in [1.165, 1.54) is 19.3 Å². The van der Waals surface area contributed by atoms with Crippen LogP contribution in [0.2, 0.25) is 0 Å². The van der Waals surface area contributed by atoms with Gasteiger partial charge in [-0.2, -0.15) is 0 Å². The molecule has 1 N–H and O–H groups in total. The van der Waals surface area contributed by atoms with Crippen molar-refractivity contribution in [1.82, 2.24) is 4.98 Å². The van der Waals surface area contributed by atoms with Crippen molar-refractivity contribution in [1.29, 1.82) is 0 Å². The van der Waals surface area contributed by atoms with E-state index in [1.54, 1.807) is 11.1 Å². The van der Waals surface area contributed by atoms with E-state index >= 15 is 0 Å². The van der Waals surface area contributed by atoms with Crippen molar-refractivity contribution < 1.29 is 14.3 Å². The first kappa shape index (κ1) is 22.1. The number of amides is 2. The van der Waals surface area contributed by atoms with Gasteiger partial charge in [0, 0.05) is 17.4 Å². The maximum absolute atomic E-state index is 14.6. The van der Waals surface area contributed by atoms with Crippen LogP contribution in [0.4, 0.5) is 27.7 Å². The topological polar surface area (TPSA) is 74.8 Å². The molecule has 8 rings (SSSR count). The Kier molecular flexibility index (Phi) is 4.89. The van der Waals surface area contributed by atoms with Crippen molar-refractivity contribution in [2.24, 2.45) is 29.1 Å². The van der Waals surface area contributed by atoms with Crippen LogP contribution in [-0.4, -0.2) is 29.6 Å². The van der Waals surface area contributed by atoms with Gasteiger partial charge in [0.05, 0.1) is 29.4 Å². The summed E-state index contributed by atoms with van der Waals surface area (Å²) in [7, 11) is 0. The zero-order chi connectivity index (χ0) is 24.6. The number of pyridine rings is 1. The lowest BCUT2D eigenvalue weighted by molar-refractivity contribution is -0.143. The summed E-state index contributed by atoms with van der Waals surface area (Å²) in [6.07, 6.45) is 8.42. The molecule has 7 heteroatoms. The van der Waals surface area contributed by atoms with Gasteiger partial charge in [-0.1, -0.05) is 19.9 Å². The van der Waals surface area contributed by atoms with Crippen LogP contribution in [0.1, 0.15) is 57.9 Å². The predicted octanol–water partition coefficient (Wildman–Crippen LogP) is 5.87. The van der Waals surface area contributed by atoms with Gasteiger partial charge in [-0.25, -0.2) is 9.78 Å². The minimum atomic E-state index is -0.320. The number of benzene rings is 1. The van der Waals surface area contributed by atoms with E-state index < -0.39 is 0 Å². The van der Waals surface area contributed by atoms with Crippen molar-refractivity contribution >= 4 is 34.9 Å². The second-order valence-corrected chi connectivity index (χ2v) is 12.2. The molecule has 1 atom stereocenters. The summed E-state index contributed by atoms with van der Waals surface area (Å²) in [6, 6.07) is 9.90. The number of fused-ring (bicyclic) bond motifs is 2. The Morgan fingerprint density at radius 1 is 1.11 bits per heavy atom. The van der Waals surface area contributed by atoms with E-state index in [0.717, 1.165) is 47.7 Å². The van der Waals surface area contributed by atoms with Gasteiger partial charge in [0.1, 0.15) is 12.4 Å². The van der Waals surface area contributed by atoms with Gasteiger partial charge in [-0.15, -0.1) is 0 Å². The van der Waals surface area contributed by atoms with Crippen molar-refractivity contribution in [3.05, 3.63) is 42.1 Å². The average Bonchev–Trinajstić information content (AvgIpc) is 3.16. The molecule has 1 aromatic heterocycles. The first-order valence-electron chi connectivity index (χ1n) is 13.5. The van der Waals surface area contributed by atoms with E-state index in [1.807, 2.05) is 29.2 Å². The van der Waals surface area contributed by atoms with E-state index in [4.69, 9.17) is 4.74 Å². The van der Waals surface area contributed by atoms with Crippen molar-refractivity contribution in [3.8, 4) is 0 Å². The summed E-state index contributed by atoms with van der Waals surface area (Å²) >= 11 is 0. The zero-order valence-corrected chi connectivity index (χ0v) is 21.1. The Labute approximate surface area is 212 Å². The molecule has 2 aliphatic heterocycles. The van der Waals surface area contributed by atoms with Crippen LogP contribution in [0.25, 0.3) is 0 Å². The predicted molar refractivity (Wildman–Crippen MR) is 138 cm³/mol. The van der Waals surface area contributed by atoms with Gasteiger partial charge >= 0.3 is 6.09 Å². The normalized spacial score (nSPS) is 32.1. The molecule has 4 bridgehead atoms. The van der Waals surface area contributed by atoms with Crippen LogP contribution < -0.4 is 15.1 Å². The fraction of sp³-hybridized carbons (Fsp3) is 0.552. The van der Waals surface area contributed by atoms with Gasteiger partial charge in [0.25, 0.3) is 0 Å². The lowest BCUT2D eigenvalue weighted by Gasteiger charge is -2.56. The number of anilines is 4. The molecule has 4 saturated carbocycles. The average molecular weight is 487 g/mol. The standard InChI is InChI=1S/C29H34N4O3/c1-17(2)25-16-36-28(35)33(25)22-5-6-23-24(11-22)32(15-21-4-3-7-30-26(21)31-23)27(34)29-12-18-8-19(13-29)10-20(9-18)14-29/h3-7,11,17-20,25H,8-10,12-16H2,1-2H3,(H,30,31)/t18-,19+,20?,25-,29-/m0/s1. The fourth-order valence-corrected chi connectivity index (χ4v) is 8.12. The maximum Gasteiger partial charge on any atom is 0.414 e. The number of nitrogens with one attached hydrogen (secondary N) is 1. The van der Waals surface area contributed by atoms with Gasteiger partial charge in [0.15, 0.2) is 0 Å². The molecule has 7 nitrogen and oxygen atoms in total. The number of hydrogen-bond acceptors (Lipinski definition) is 5. The zero-order valence-electron chi connectivity index (χ0n) is 21.1. The molecular weight excluding hydrogens is 452 g/mol. The van der Waals surface area contributed by atoms with E-state index in [9.17, 15) is 9.59 Å².